The number of ether oxygens (including phenoxy) is 1. The molecule has 1 aliphatic carbocycles. The average molecular weight is 463 g/mol. The number of allylic oxidation sites excluding steroid dienone is 1. The Bertz CT molecular complexity index is 870. The van der Waals surface area contributed by atoms with Crippen molar-refractivity contribution in [3.8, 4) is 5.75 Å². The van der Waals surface area contributed by atoms with E-state index < -0.39 is 0 Å². The fraction of sp³-hybridized carbons (Fsp3) is 0.562. The minimum atomic E-state index is -0.276. The maximum absolute atomic E-state index is 10.9. The van der Waals surface area contributed by atoms with E-state index in [0.717, 1.165) is 37.9 Å². The zero-order valence-corrected chi connectivity index (χ0v) is 21.8. The molecule has 1 aliphatic rings. The summed E-state index contributed by atoms with van der Waals surface area (Å²) in [5, 5.41) is 10.9. The molecule has 2 aromatic carbocycles. The fourth-order valence-electron chi connectivity index (χ4n) is 5.48. The van der Waals surface area contributed by atoms with Crippen LogP contribution >= 0.6 is 0 Å². The van der Waals surface area contributed by atoms with E-state index in [-0.39, 0.29) is 11.5 Å². The summed E-state index contributed by atoms with van der Waals surface area (Å²) in [5.41, 5.74) is 3.92. The van der Waals surface area contributed by atoms with Gasteiger partial charge in [-0.1, -0.05) is 101 Å². The molecule has 0 bridgehead atoms. The molecule has 2 aromatic rings. The molecule has 2 heteroatoms. The lowest BCUT2D eigenvalue weighted by Crippen LogP contribution is -2.20. The van der Waals surface area contributed by atoms with Gasteiger partial charge in [0.1, 0.15) is 12.4 Å². The van der Waals surface area contributed by atoms with Gasteiger partial charge in [-0.15, -0.1) is 6.58 Å². The van der Waals surface area contributed by atoms with Crippen LogP contribution in [-0.4, -0.2) is 11.2 Å². The lowest BCUT2D eigenvalue weighted by Gasteiger charge is -2.28. The molecule has 3 atom stereocenters. The molecule has 3 unspecified atom stereocenters. The van der Waals surface area contributed by atoms with Gasteiger partial charge in [0.05, 0.1) is 6.10 Å². The molecule has 0 spiro atoms. The van der Waals surface area contributed by atoms with Crippen molar-refractivity contribution in [2.24, 2.45) is 5.92 Å². The van der Waals surface area contributed by atoms with Crippen molar-refractivity contribution in [2.45, 2.75) is 109 Å². The summed E-state index contributed by atoms with van der Waals surface area (Å²) in [6.07, 6.45) is 13.1. The summed E-state index contributed by atoms with van der Waals surface area (Å²) >= 11 is 0. The summed E-state index contributed by atoms with van der Waals surface area (Å²) in [7, 11) is 0. The third-order valence-corrected chi connectivity index (χ3v) is 7.79. The summed E-state index contributed by atoms with van der Waals surface area (Å²) in [5.74, 6) is 1.66. The van der Waals surface area contributed by atoms with E-state index in [0.29, 0.717) is 18.4 Å². The molecule has 0 aliphatic heterocycles. The molecule has 0 saturated heterocycles. The van der Waals surface area contributed by atoms with Gasteiger partial charge in [0.2, 0.25) is 0 Å². The predicted molar refractivity (Wildman–Crippen MR) is 145 cm³/mol. The Kier molecular flexibility index (Phi) is 10.3. The molecule has 0 heterocycles. The molecule has 0 aromatic heterocycles. The van der Waals surface area contributed by atoms with Crippen LogP contribution in [-0.2, 0) is 12.0 Å². The van der Waals surface area contributed by atoms with E-state index in [1.165, 1.54) is 48.8 Å². The highest BCUT2D eigenvalue weighted by atomic mass is 16.5. The topological polar surface area (TPSA) is 29.5 Å². The third-order valence-electron chi connectivity index (χ3n) is 7.79. The minimum absolute atomic E-state index is 0.120. The van der Waals surface area contributed by atoms with Gasteiger partial charge in [-0.2, -0.15) is 0 Å². The van der Waals surface area contributed by atoms with Gasteiger partial charge in [-0.25, -0.2) is 0 Å². The quantitative estimate of drug-likeness (QED) is 0.194. The van der Waals surface area contributed by atoms with Crippen molar-refractivity contribution in [3.63, 3.8) is 0 Å². The van der Waals surface area contributed by atoms with Gasteiger partial charge >= 0.3 is 0 Å². The number of hydrogen-bond donors (Lipinski definition) is 1. The van der Waals surface area contributed by atoms with Gasteiger partial charge in [0, 0.05) is 0 Å². The van der Waals surface area contributed by atoms with Crippen molar-refractivity contribution >= 4 is 0 Å². The normalized spacial score (nSPS) is 21.1. The van der Waals surface area contributed by atoms with Gasteiger partial charge in [0.15, 0.2) is 0 Å². The molecule has 186 valence electrons. The predicted octanol–water partition coefficient (Wildman–Crippen LogP) is 8.72. The van der Waals surface area contributed by atoms with Crippen LogP contribution in [0.4, 0.5) is 0 Å². The Morgan fingerprint density at radius 3 is 2.59 bits per heavy atom. The maximum Gasteiger partial charge on any atom is 0.123 e. The molecule has 0 amide bonds. The van der Waals surface area contributed by atoms with Crippen LogP contribution in [0.5, 0.6) is 5.75 Å². The zero-order chi connectivity index (χ0) is 24.4. The second-order valence-electron chi connectivity index (χ2n) is 10.9. The average Bonchev–Trinajstić information content (AvgIpc) is 3.02. The number of hydrogen-bond acceptors (Lipinski definition) is 2. The van der Waals surface area contributed by atoms with Gasteiger partial charge in [-0.3, -0.25) is 0 Å². The van der Waals surface area contributed by atoms with Crippen LogP contribution < -0.4 is 4.74 Å². The molecule has 3 rings (SSSR count). The number of benzene rings is 2. The van der Waals surface area contributed by atoms with E-state index in [2.05, 4.69) is 69.8 Å². The van der Waals surface area contributed by atoms with E-state index in [1.54, 1.807) is 0 Å². The van der Waals surface area contributed by atoms with Gasteiger partial charge in [-0.05, 0) is 72.1 Å². The van der Waals surface area contributed by atoms with Crippen molar-refractivity contribution in [1.82, 2.24) is 0 Å². The number of aliphatic hydroxyl groups excluding tert-OH is 1. The molecule has 1 fully saturated rings. The van der Waals surface area contributed by atoms with E-state index >= 15 is 0 Å². The largest absolute Gasteiger partial charge is 0.489 e. The maximum atomic E-state index is 10.9. The Hall–Kier alpha value is -2.06. The SMILES string of the molecule is C=CCC1CCCC(c2ccc(C(C)(C)CCCCCC)cc2OCc2ccccc2)CC1O. The number of aliphatic hydroxyl groups is 1. The summed E-state index contributed by atoms with van der Waals surface area (Å²) < 4.78 is 6.51. The van der Waals surface area contributed by atoms with Crippen LogP contribution in [0.25, 0.3) is 0 Å². The second kappa shape index (κ2) is 13.1. The molecule has 0 radical (unpaired) electrons. The highest BCUT2D eigenvalue weighted by molar-refractivity contribution is 5.43. The minimum Gasteiger partial charge on any atom is -0.489 e. The fourth-order valence-corrected chi connectivity index (χ4v) is 5.48. The van der Waals surface area contributed by atoms with E-state index in [1.807, 2.05) is 12.1 Å². The van der Waals surface area contributed by atoms with Crippen molar-refractivity contribution < 1.29 is 9.84 Å². The Morgan fingerprint density at radius 1 is 1.06 bits per heavy atom. The van der Waals surface area contributed by atoms with Crippen molar-refractivity contribution in [2.75, 3.05) is 0 Å². The second-order valence-corrected chi connectivity index (χ2v) is 10.9. The van der Waals surface area contributed by atoms with Crippen molar-refractivity contribution in [1.29, 1.82) is 0 Å². The van der Waals surface area contributed by atoms with Gasteiger partial charge < -0.3 is 9.84 Å². The lowest BCUT2D eigenvalue weighted by atomic mass is 9.78. The van der Waals surface area contributed by atoms with E-state index in [4.69, 9.17) is 4.74 Å². The lowest BCUT2D eigenvalue weighted by molar-refractivity contribution is 0.0977. The van der Waals surface area contributed by atoms with Crippen molar-refractivity contribution in [3.05, 3.63) is 77.9 Å². The Morgan fingerprint density at radius 2 is 1.85 bits per heavy atom. The van der Waals surface area contributed by atoms with E-state index in [9.17, 15) is 5.11 Å². The molecule has 1 N–H and O–H groups in total. The smallest absolute Gasteiger partial charge is 0.123 e. The van der Waals surface area contributed by atoms with Crippen LogP contribution in [0.2, 0.25) is 0 Å². The van der Waals surface area contributed by atoms with Crippen LogP contribution in [0, 0.1) is 5.92 Å². The first-order valence-electron chi connectivity index (χ1n) is 13.5. The Balaban J connectivity index is 1.84. The zero-order valence-electron chi connectivity index (χ0n) is 21.8. The van der Waals surface area contributed by atoms with Gasteiger partial charge in [0.25, 0.3) is 0 Å². The first-order chi connectivity index (χ1) is 16.4. The number of rotatable bonds is 12. The molecule has 2 nitrogen and oxygen atoms in total. The highest BCUT2D eigenvalue weighted by Gasteiger charge is 2.29. The first kappa shape index (κ1) is 26.5. The molecular formula is C32H46O2. The van der Waals surface area contributed by atoms with Crippen LogP contribution in [0.1, 0.15) is 108 Å². The van der Waals surface area contributed by atoms with Crippen LogP contribution in [0.3, 0.4) is 0 Å². The highest BCUT2D eigenvalue weighted by Crippen LogP contribution is 2.42. The third kappa shape index (κ3) is 7.47. The molecule has 1 saturated carbocycles. The first-order valence-corrected chi connectivity index (χ1v) is 13.5. The molecule has 34 heavy (non-hydrogen) atoms. The van der Waals surface area contributed by atoms with Crippen LogP contribution in [0.15, 0.2) is 61.2 Å². The number of unbranched alkanes of at least 4 members (excludes halogenated alkanes) is 3. The standard InChI is InChI=1S/C32H46O2/c1-5-7-8-12-21-32(3,4)28-19-20-29(27-18-13-17-26(14-6-2)30(33)22-27)31(23-28)34-24-25-15-10-9-11-16-25/h6,9-11,15-16,19-20,23,26-27,30,33H,2,5,7-8,12-14,17-18,21-22,24H2,1,3-4H3. The summed E-state index contributed by atoms with van der Waals surface area (Å²) in [6, 6.07) is 17.3. The summed E-state index contributed by atoms with van der Waals surface area (Å²) in [4.78, 5) is 0. The summed E-state index contributed by atoms with van der Waals surface area (Å²) in [6.45, 7) is 11.5. The molecular weight excluding hydrogens is 416 g/mol. The monoisotopic (exact) mass is 462 g/mol. The Labute approximate surface area is 208 Å².